The quantitative estimate of drug-likeness (QED) is 0.757. The highest BCUT2D eigenvalue weighted by Crippen LogP contribution is 2.36. The number of hydrogen-bond donors (Lipinski definition) is 2. The number of aromatic hydroxyl groups is 1. The van der Waals surface area contributed by atoms with E-state index in [-0.39, 0.29) is 18.4 Å². The molecule has 0 unspecified atom stereocenters. The van der Waals surface area contributed by atoms with Gasteiger partial charge >= 0.3 is 0 Å². The second-order valence-electron chi connectivity index (χ2n) is 5.87. The highest BCUT2D eigenvalue weighted by atomic mass is 16.7. The van der Waals surface area contributed by atoms with Gasteiger partial charge in [0.25, 0.3) is 5.91 Å². The minimum absolute atomic E-state index is 0.0224. The van der Waals surface area contributed by atoms with Gasteiger partial charge in [-0.3, -0.25) is 9.78 Å². The molecule has 0 bridgehead atoms. The molecule has 2 heterocycles. The number of benzene rings is 2. The normalized spacial score (nSPS) is 12.0. The summed E-state index contributed by atoms with van der Waals surface area (Å²) in [7, 11) is 0. The Morgan fingerprint density at radius 2 is 1.81 bits per heavy atom. The Morgan fingerprint density at radius 1 is 1.00 bits per heavy atom. The van der Waals surface area contributed by atoms with Crippen molar-refractivity contribution in [1.82, 2.24) is 10.3 Å². The number of fused-ring (bicyclic) bond motifs is 1. The number of hydrogen-bond acceptors (Lipinski definition) is 5. The van der Waals surface area contributed by atoms with E-state index in [1.54, 1.807) is 24.5 Å². The lowest BCUT2D eigenvalue weighted by Gasteiger charge is -2.09. The molecule has 1 aromatic heterocycles. The molecular formula is C20H16N2O4. The van der Waals surface area contributed by atoms with E-state index in [1.807, 2.05) is 30.3 Å². The number of carbonyl (C=O) groups excluding carboxylic acids is 1. The van der Waals surface area contributed by atoms with Gasteiger partial charge in [0, 0.05) is 24.5 Å². The van der Waals surface area contributed by atoms with Gasteiger partial charge in [0.1, 0.15) is 5.75 Å². The fraction of sp³-hybridized carbons (Fsp3) is 0.100. The zero-order valence-corrected chi connectivity index (χ0v) is 13.8. The SMILES string of the molecule is O=C(NCc1ccncc1)c1cc(O)cc(-c2ccc3c(c2)OCO3)c1. The van der Waals surface area contributed by atoms with Gasteiger partial charge < -0.3 is 19.9 Å². The number of amides is 1. The molecule has 2 aromatic carbocycles. The topological polar surface area (TPSA) is 80.7 Å². The number of nitrogens with one attached hydrogen (secondary N) is 1. The van der Waals surface area contributed by atoms with Gasteiger partial charge in [-0.15, -0.1) is 0 Å². The molecule has 1 aliphatic rings. The summed E-state index contributed by atoms with van der Waals surface area (Å²) in [5, 5.41) is 12.9. The van der Waals surface area contributed by atoms with Crippen LogP contribution in [0.15, 0.2) is 60.9 Å². The van der Waals surface area contributed by atoms with Crippen LogP contribution in [0.1, 0.15) is 15.9 Å². The Hall–Kier alpha value is -3.54. The minimum Gasteiger partial charge on any atom is -0.508 e. The average molecular weight is 348 g/mol. The molecule has 0 radical (unpaired) electrons. The van der Waals surface area contributed by atoms with Gasteiger partial charge in [0.15, 0.2) is 11.5 Å². The Balaban J connectivity index is 1.57. The molecule has 0 saturated carbocycles. The largest absolute Gasteiger partial charge is 0.508 e. The Bertz CT molecular complexity index is 957. The standard InChI is InChI=1S/C20H16N2O4/c23-17-8-15(14-1-2-18-19(10-14)26-12-25-18)7-16(9-17)20(24)22-11-13-3-5-21-6-4-13/h1-10,23H,11-12H2,(H,22,24). The summed E-state index contributed by atoms with van der Waals surface area (Å²) in [6.07, 6.45) is 3.35. The third-order valence-electron chi connectivity index (χ3n) is 4.09. The summed E-state index contributed by atoms with van der Waals surface area (Å²) >= 11 is 0. The number of aromatic nitrogens is 1. The van der Waals surface area contributed by atoms with Crippen LogP contribution >= 0.6 is 0 Å². The smallest absolute Gasteiger partial charge is 0.251 e. The van der Waals surface area contributed by atoms with Crippen LogP contribution in [0.25, 0.3) is 11.1 Å². The lowest BCUT2D eigenvalue weighted by atomic mass is 10.0. The van der Waals surface area contributed by atoms with E-state index >= 15 is 0 Å². The second-order valence-corrected chi connectivity index (χ2v) is 5.87. The van der Waals surface area contributed by atoms with Gasteiger partial charge in [-0.1, -0.05) is 6.07 Å². The Kier molecular flexibility index (Phi) is 4.15. The van der Waals surface area contributed by atoms with Gasteiger partial charge in [0.2, 0.25) is 6.79 Å². The maximum atomic E-state index is 12.5. The number of pyridine rings is 1. The molecule has 0 spiro atoms. The summed E-state index contributed by atoms with van der Waals surface area (Å²) in [4.78, 5) is 16.4. The first-order valence-corrected chi connectivity index (χ1v) is 8.10. The van der Waals surface area contributed by atoms with Gasteiger partial charge in [-0.05, 0) is 59.2 Å². The first-order chi connectivity index (χ1) is 12.7. The molecule has 0 atom stereocenters. The van der Waals surface area contributed by atoms with Gasteiger partial charge in [0.05, 0.1) is 0 Å². The molecule has 1 amide bonds. The molecule has 3 aromatic rings. The molecule has 26 heavy (non-hydrogen) atoms. The summed E-state index contributed by atoms with van der Waals surface area (Å²) in [5.74, 6) is 1.09. The maximum Gasteiger partial charge on any atom is 0.251 e. The molecule has 6 heteroatoms. The van der Waals surface area contributed by atoms with Crippen LogP contribution in [0, 0.1) is 0 Å². The molecule has 4 rings (SSSR count). The van der Waals surface area contributed by atoms with E-state index in [2.05, 4.69) is 10.3 Å². The van der Waals surface area contributed by atoms with E-state index in [1.165, 1.54) is 6.07 Å². The molecule has 1 aliphatic heterocycles. The fourth-order valence-electron chi connectivity index (χ4n) is 2.77. The Morgan fingerprint density at radius 3 is 2.65 bits per heavy atom. The predicted molar refractivity (Wildman–Crippen MR) is 95.1 cm³/mol. The molecule has 130 valence electrons. The van der Waals surface area contributed by atoms with Crippen LogP contribution in [-0.4, -0.2) is 22.8 Å². The fourth-order valence-corrected chi connectivity index (χ4v) is 2.77. The van der Waals surface area contributed by atoms with Crippen LogP contribution < -0.4 is 14.8 Å². The molecule has 0 fully saturated rings. The highest BCUT2D eigenvalue weighted by Gasteiger charge is 2.15. The van der Waals surface area contributed by atoms with Crippen molar-refractivity contribution in [2.75, 3.05) is 6.79 Å². The molecule has 0 aliphatic carbocycles. The van der Waals surface area contributed by atoms with Crippen molar-refractivity contribution in [3.05, 3.63) is 72.1 Å². The lowest BCUT2D eigenvalue weighted by molar-refractivity contribution is 0.0950. The lowest BCUT2D eigenvalue weighted by Crippen LogP contribution is -2.22. The molecule has 2 N–H and O–H groups in total. The summed E-state index contributed by atoms with van der Waals surface area (Å²) in [5.41, 5.74) is 2.88. The van der Waals surface area contributed by atoms with Crippen LogP contribution in [0.3, 0.4) is 0 Å². The second kappa shape index (κ2) is 6.76. The third kappa shape index (κ3) is 3.30. The number of ether oxygens (including phenoxy) is 2. The number of phenols is 1. The first-order valence-electron chi connectivity index (χ1n) is 8.10. The zero-order valence-electron chi connectivity index (χ0n) is 13.8. The summed E-state index contributed by atoms with van der Waals surface area (Å²) < 4.78 is 10.7. The van der Waals surface area contributed by atoms with Gasteiger partial charge in [-0.2, -0.15) is 0 Å². The number of rotatable bonds is 4. The van der Waals surface area contributed by atoms with Crippen molar-refractivity contribution in [1.29, 1.82) is 0 Å². The zero-order chi connectivity index (χ0) is 17.9. The van der Waals surface area contributed by atoms with E-state index in [9.17, 15) is 9.90 Å². The van der Waals surface area contributed by atoms with E-state index < -0.39 is 0 Å². The van der Waals surface area contributed by atoms with Crippen molar-refractivity contribution in [2.45, 2.75) is 6.54 Å². The van der Waals surface area contributed by atoms with Crippen molar-refractivity contribution >= 4 is 5.91 Å². The van der Waals surface area contributed by atoms with E-state index in [0.29, 0.717) is 23.6 Å². The van der Waals surface area contributed by atoms with Crippen molar-refractivity contribution < 1.29 is 19.4 Å². The molecule has 0 saturated heterocycles. The van der Waals surface area contributed by atoms with Crippen LogP contribution in [0.5, 0.6) is 17.2 Å². The third-order valence-corrected chi connectivity index (χ3v) is 4.09. The highest BCUT2D eigenvalue weighted by molar-refractivity contribution is 5.96. The van der Waals surface area contributed by atoms with E-state index in [0.717, 1.165) is 16.7 Å². The monoisotopic (exact) mass is 348 g/mol. The van der Waals surface area contributed by atoms with Crippen LogP contribution in [0.2, 0.25) is 0 Å². The average Bonchev–Trinajstić information content (AvgIpc) is 3.14. The van der Waals surface area contributed by atoms with Gasteiger partial charge in [-0.25, -0.2) is 0 Å². The molecular weight excluding hydrogens is 332 g/mol. The van der Waals surface area contributed by atoms with Crippen molar-refractivity contribution in [3.63, 3.8) is 0 Å². The minimum atomic E-state index is -0.264. The predicted octanol–water partition coefficient (Wildman–Crippen LogP) is 3.11. The summed E-state index contributed by atoms with van der Waals surface area (Å²) in [6, 6.07) is 14.0. The number of phenolic OH excluding ortho intramolecular Hbond substituents is 1. The van der Waals surface area contributed by atoms with Crippen molar-refractivity contribution in [2.24, 2.45) is 0 Å². The van der Waals surface area contributed by atoms with Crippen LogP contribution in [0.4, 0.5) is 0 Å². The summed E-state index contributed by atoms with van der Waals surface area (Å²) in [6.45, 7) is 0.581. The number of nitrogens with zero attached hydrogens (tertiary/aromatic N) is 1. The van der Waals surface area contributed by atoms with Crippen molar-refractivity contribution in [3.8, 4) is 28.4 Å². The van der Waals surface area contributed by atoms with Crippen LogP contribution in [-0.2, 0) is 6.54 Å². The Labute approximate surface area is 150 Å². The number of carbonyl (C=O) groups is 1. The maximum absolute atomic E-state index is 12.5. The molecule has 6 nitrogen and oxygen atoms in total. The first kappa shape index (κ1) is 16.0. The van der Waals surface area contributed by atoms with E-state index in [4.69, 9.17) is 9.47 Å².